The van der Waals surface area contributed by atoms with Gasteiger partial charge in [0.05, 0.1) is 12.2 Å². The zero-order chi connectivity index (χ0) is 10.7. The minimum Gasteiger partial charge on any atom is -0.331 e. The van der Waals surface area contributed by atoms with Gasteiger partial charge < -0.3 is 10.3 Å². The second-order valence-electron chi connectivity index (χ2n) is 3.42. The first-order chi connectivity index (χ1) is 7.31. The molecule has 0 saturated heterocycles. The van der Waals surface area contributed by atoms with Crippen LogP contribution in [0.2, 0.25) is 0 Å². The van der Waals surface area contributed by atoms with E-state index in [1.165, 1.54) is 0 Å². The number of pyridine rings is 1. The van der Waals surface area contributed by atoms with Gasteiger partial charge in [0, 0.05) is 25.1 Å². The van der Waals surface area contributed by atoms with Gasteiger partial charge in [-0.15, -0.1) is 0 Å². The second kappa shape index (κ2) is 4.23. The van der Waals surface area contributed by atoms with Crippen molar-refractivity contribution in [3.63, 3.8) is 0 Å². The van der Waals surface area contributed by atoms with Gasteiger partial charge in [-0.3, -0.25) is 4.98 Å². The normalized spacial score (nSPS) is 10.5. The molecule has 0 aliphatic heterocycles. The minimum atomic E-state index is 0.476. The Kier molecular flexibility index (Phi) is 2.78. The highest BCUT2D eigenvalue weighted by atomic mass is 15.0. The van der Waals surface area contributed by atoms with Crippen molar-refractivity contribution in [1.82, 2.24) is 14.5 Å². The molecule has 0 unspecified atom stereocenters. The summed E-state index contributed by atoms with van der Waals surface area (Å²) < 4.78 is 2.08. The van der Waals surface area contributed by atoms with Crippen LogP contribution < -0.4 is 5.73 Å². The maximum Gasteiger partial charge on any atom is 0.105 e. The standard InChI is InChI=1S/C11H14N4/c1-9-13-5-6-15(9)8-10-3-2-4-14-11(10)7-12/h2-6H,7-8,12H2,1H3. The molecule has 2 aromatic heterocycles. The molecule has 0 aromatic carbocycles. The molecular weight excluding hydrogens is 188 g/mol. The maximum atomic E-state index is 5.63. The highest BCUT2D eigenvalue weighted by Crippen LogP contribution is 2.08. The predicted octanol–water partition coefficient (Wildman–Crippen LogP) is 1.09. The van der Waals surface area contributed by atoms with Crippen molar-refractivity contribution in [1.29, 1.82) is 0 Å². The van der Waals surface area contributed by atoms with Gasteiger partial charge in [-0.05, 0) is 18.6 Å². The summed E-state index contributed by atoms with van der Waals surface area (Å²) in [5.41, 5.74) is 7.73. The summed E-state index contributed by atoms with van der Waals surface area (Å²) in [4.78, 5) is 8.43. The number of imidazole rings is 1. The number of hydrogen-bond acceptors (Lipinski definition) is 3. The van der Waals surface area contributed by atoms with Crippen LogP contribution in [0, 0.1) is 6.92 Å². The molecule has 0 bridgehead atoms. The molecule has 0 spiro atoms. The van der Waals surface area contributed by atoms with E-state index in [1.54, 1.807) is 12.4 Å². The van der Waals surface area contributed by atoms with Crippen LogP contribution in [0.1, 0.15) is 17.1 Å². The first-order valence-electron chi connectivity index (χ1n) is 4.92. The van der Waals surface area contributed by atoms with Gasteiger partial charge in [0.2, 0.25) is 0 Å². The Morgan fingerprint density at radius 1 is 1.33 bits per heavy atom. The number of aryl methyl sites for hydroxylation is 1. The molecular formula is C11H14N4. The van der Waals surface area contributed by atoms with Crippen molar-refractivity contribution >= 4 is 0 Å². The summed E-state index contributed by atoms with van der Waals surface area (Å²) in [7, 11) is 0. The topological polar surface area (TPSA) is 56.7 Å². The molecule has 2 heterocycles. The van der Waals surface area contributed by atoms with Crippen molar-refractivity contribution < 1.29 is 0 Å². The molecule has 15 heavy (non-hydrogen) atoms. The van der Waals surface area contributed by atoms with Crippen molar-refractivity contribution in [2.24, 2.45) is 5.73 Å². The monoisotopic (exact) mass is 202 g/mol. The van der Waals surface area contributed by atoms with Gasteiger partial charge in [0.1, 0.15) is 5.82 Å². The Balaban J connectivity index is 2.28. The van der Waals surface area contributed by atoms with Gasteiger partial charge in [-0.25, -0.2) is 4.98 Å². The summed E-state index contributed by atoms with van der Waals surface area (Å²) in [6.07, 6.45) is 5.53. The van der Waals surface area contributed by atoms with E-state index >= 15 is 0 Å². The number of hydrogen-bond donors (Lipinski definition) is 1. The van der Waals surface area contributed by atoms with Crippen molar-refractivity contribution in [2.45, 2.75) is 20.0 Å². The molecule has 78 valence electrons. The fourth-order valence-electron chi connectivity index (χ4n) is 1.55. The third-order valence-corrected chi connectivity index (χ3v) is 2.44. The lowest BCUT2D eigenvalue weighted by atomic mass is 10.2. The molecule has 0 atom stereocenters. The van der Waals surface area contributed by atoms with E-state index in [4.69, 9.17) is 5.73 Å². The van der Waals surface area contributed by atoms with Crippen molar-refractivity contribution in [3.8, 4) is 0 Å². The van der Waals surface area contributed by atoms with E-state index in [2.05, 4.69) is 20.6 Å². The summed E-state index contributed by atoms with van der Waals surface area (Å²) in [5, 5.41) is 0. The lowest BCUT2D eigenvalue weighted by Crippen LogP contribution is -2.08. The van der Waals surface area contributed by atoms with Crippen LogP contribution >= 0.6 is 0 Å². The molecule has 0 saturated carbocycles. The predicted molar refractivity (Wildman–Crippen MR) is 58.2 cm³/mol. The van der Waals surface area contributed by atoms with E-state index in [0.717, 1.165) is 23.6 Å². The number of nitrogens with two attached hydrogens (primary N) is 1. The van der Waals surface area contributed by atoms with Crippen LogP contribution in [-0.4, -0.2) is 14.5 Å². The largest absolute Gasteiger partial charge is 0.331 e. The van der Waals surface area contributed by atoms with Gasteiger partial charge in [-0.2, -0.15) is 0 Å². The second-order valence-corrected chi connectivity index (χ2v) is 3.42. The van der Waals surface area contributed by atoms with Gasteiger partial charge >= 0.3 is 0 Å². The maximum absolute atomic E-state index is 5.63. The quantitative estimate of drug-likeness (QED) is 0.810. The van der Waals surface area contributed by atoms with Crippen LogP contribution in [0.25, 0.3) is 0 Å². The van der Waals surface area contributed by atoms with Crippen LogP contribution in [0.5, 0.6) is 0 Å². The molecule has 0 aliphatic rings. The van der Waals surface area contributed by atoms with Gasteiger partial charge in [0.15, 0.2) is 0 Å². The molecule has 2 aromatic rings. The Bertz CT molecular complexity index is 447. The minimum absolute atomic E-state index is 0.476. The van der Waals surface area contributed by atoms with E-state index < -0.39 is 0 Å². The van der Waals surface area contributed by atoms with E-state index in [9.17, 15) is 0 Å². The molecule has 0 fully saturated rings. The van der Waals surface area contributed by atoms with Crippen LogP contribution in [-0.2, 0) is 13.1 Å². The molecule has 4 heteroatoms. The first kappa shape index (κ1) is 9.86. The zero-order valence-electron chi connectivity index (χ0n) is 8.72. The lowest BCUT2D eigenvalue weighted by Gasteiger charge is -2.08. The Labute approximate surface area is 88.8 Å². The van der Waals surface area contributed by atoms with E-state index in [-0.39, 0.29) is 0 Å². The summed E-state index contributed by atoms with van der Waals surface area (Å²) in [6.45, 7) is 3.24. The first-order valence-corrected chi connectivity index (χ1v) is 4.92. The van der Waals surface area contributed by atoms with Crippen LogP contribution in [0.4, 0.5) is 0 Å². The van der Waals surface area contributed by atoms with E-state index in [1.807, 2.05) is 19.2 Å². The smallest absolute Gasteiger partial charge is 0.105 e. The average Bonchev–Trinajstić information content (AvgIpc) is 2.65. The fourth-order valence-corrected chi connectivity index (χ4v) is 1.55. The molecule has 2 rings (SSSR count). The fraction of sp³-hybridized carbons (Fsp3) is 0.273. The molecule has 0 aliphatic carbocycles. The third-order valence-electron chi connectivity index (χ3n) is 2.44. The molecule has 4 nitrogen and oxygen atoms in total. The number of nitrogens with zero attached hydrogens (tertiary/aromatic N) is 3. The van der Waals surface area contributed by atoms with Gasteiger partial charge in [-0.1, -0.05) is 6.07 Å². The molecule has 2 N–H and O–H groups in total. The SMILES string of the molecule is Cc1nccn1Cc1cccnc1CN. The lowest BCUT2D eigenvalue weighted by molar-refractivity contribution is 0.744. The third kappa shape index (κ3) is 2.05. The number of aromatic nitrogens is 3. The van der Waals surface area contributed by atoms with Crippen molar-refractivity contribution in [3.05, 3.63) is 47.8 Å². The zero-order valence-corrected chi connectivity index (χ0v) is 8.72. The Morgan fingerprint density at radius 2 is 2.20 bits per heavy atom. The highest BCUT2D eigenvalue weighted by Gasteiger charge is 2.03. The highest BCUT2D eigenvalue weighted by molar-refractivity contribution is 5.20. The van der Waals surface area contributed by atoms with Gasteiger partial charge in [0.25, 0.3) is 0 Å². The van der Waals surface area contributed by atoms with E-state index in [0.29, 0.717) is 6.54 Å². The summed E-state index contributed by atoms with van der Waals surface area (Å²) in [6, 6.07) is 3.98. The molecule has 0 amide bonds. The van der Waals surface area contributed by atoms with Crippen molar-refractivity contribution in [2.75, 3.05) is 0 Å². The average molecular weight is 202 g/mol. The van der Waals surface area contributed by atoms with Crippen LogP contribution in [0.15, 0.2) is 30.7 Å². The van der Waals surface area contributed by atoms with Crippen LogP contribution in [0.3, 0.4) is 0 Å². The summed E-state index contributed by atoms with van der Waals surface area (Å²) in [5.74, 6) is 1.00. The Morgan fingerprint density at radius 3 is 2.87 bits per heavy atom. The summed E-state index contributed by atoms with van der Waals surface area (Å²) >= 11 is 0. The Hall–Kier alpha value is -1.68. The number of rotatable bonds is 3. The molecule has 0 radical (unpaired) electrons.